The predicted octanol–water partition coefficient (Wildman–Crippen LogP) is 2.43. The highest BCUT2D eigenvalue weighted by molar-refractivity contribution is 7.86. The standard InChI is InChI=1S/C14H12FNO4S/c1-21(18,19)20-14-8-2-11(3-9-14)10-16(17)13-6-4-12(15)5-7-13/h2-10H,1H3. The summed E-state index contributed by atoms with van der Waals surface area (Å²) in [5, 5.41) is 11.9. The van der Waals surface area contributed by atoms with Gasteiger partial charge in [0.25, 0.3) is 0 Å². The maximum Gasteiger partial charge on any atom is 0.306 e. The Morgan fingerprint density at radius 1 is 1.10 bits per heavy atom. The van der Waals surface area contributed by atoms with E-state index in [1.54, 1.807) is 0 Å². The van der Waals surface area contributed by atoms with E-state index >= 15 is 0 Å². The second kappa shape index (κ2) is 5.92. The summed E-state index contributed by atoms with van der Waals surface area (Å²) in [6.45, 7) is 0. The van der Waals surface area contributed by atoms with Gasteiger partial charge in [-0.2, -0.15) is 13.2 Å². The van der Waals surface area contributed by atoms with Crippen LogP contribution in [0.1, 0.15) is 5.56 Å². The SMILES string of the molecule is CS(=O)(=O)Oc1ccc(C=[N+]([O-])c2ccc(F)cc2)cc1. The van der Waals surface area contributed by atoms with Crippen molar-refractivity contribution in [1.29, 1.82) is 0 Å². The van der Waals surface area contributed by atoms with Gasteiger partial charge in [-0.1, -0.05) is 0 Å². The smallest absolute Gasteiger partial charge is 0.306 e. The molecule has 21 heavy (non-hydrogen) atoms. The van der Waals surface area contributed by atoms with E-state index in [9.17, 15) is 18.0 Å². The average molecular weight is 309 g/mol. The molecule has 2 aromatic rings. The van der Waals surface area contributed by atoms with Crippen LogP contribution in [0.25, 0.3) is 0 Å². The van der Waals surface area contributed by atoms with E-state index in [4.69, 9.17) is 0 Å². The monoisotopic (exact) mass is 309 g/mol. The molecule has 0 radical (unpaired) electrons. The Labute approximate surface area is 121 Å². The molecule has 2 aromatic carbocycles. The summed E-state index contributed by atoms with van der Waals surface area (Å²) >= 11 is 0. The molecule has 0 heterocycles. The molecule has 7 heteroatoms. The van der Waals surface area contributed by atoms with Crippen molar-refractivity contribution >= 4 is 22.0 Å². The number of nitrogens with zero attached hydrogens (tertiary/aromatic N) is 1. The maximum absolute atomic E-state index is 12.8. The summed E-state index contributed by atoms with van der Waals surface area (Å²) in [4.78, 5) is 0. The van der Waals surface area contributed by atoms with Crippen LogP contribution in [0.2, 0.25) is 0 Å². The van der Waals surface area contributed by atoms with Gasteiger partial charge in [0.2, 0.25) is 5.69 Å². The van der Waals surface area contributed by atoms with E-state index in [-0.39, 0.29) is 11.4 Å². The molecule has 0 aliphatic heterocycles. The summed E-state index contributed by atoms with van der Waals surface area (Å²) < 4.78 is 40.0. The molecule has 0 unspecified atom stereocenters. The largest absolute Gasteiger partial charge is 0.618 e. The Kier molecular flexibility index (Phi) is 4.23. The van der Waals surface area contributed by atoms with Crippen LogP contribution in [0.4, 0.5) is 10.1 Å². The van der Waals surface area contributed by atoms with Gasteiger partial charge in [-0.3, -0.25) is 0 Å². The van der Waals surface area contributed by atoms with Crippen molar-refractivity contribution < 1.29 is 21.7 Å². The Hall–Kier alpha value is -2.41. The molecule has 5 nitrogen and oxygen atoms in total. The fourth-order valence-electron chi connectivity index (χ4n) is 1.58. The lowest BCUT2D eigenvalue weighted by atomic mass is 10.2. The lowest BCUT2D eigenvalue weighted by molar-refractivity contribution is -0.354. The van der Waals surface area contributed by atoms with Gasteiger partial charge >= 0.3 is 10.1 Å². The second-order valence-electron chi connectivity index (χ2n) is 4.29. The first-order valence-electron chi connectivity index (χ1n) is 5.90. The van der Waals surface area contributed by atoms with E-state index in [0.717, 1.165) is 6.26 Å². The molecular formula is C14H12FNO4S. The Bertz CT molecular complexity index is 753. The highest BCUT2D eigenvalue weighted by atomic mass is 32.2. The maximum atomic E-state index is 12.8. The van der Waals surface area contributed by atoms with Gasteiger partial charge in [-0.15, -0.1) is 0 Å². The van der Waals surface area contributed by atoms with Crippen molar-refractivity contribution in [2.45, 2.75) is 0 Å². The minimum absolute atomic E-state index is 0.161. The summed E-state index contributed by atoms with van der Waals surface area (Å²) in [6, 6.07) is 11.1. The van der Waals surface area contributed by atoms with Crippen LogP contribution in [0.3, 0.4) is 0 Å². The second-order valence-corrected chi connectivity index (χ2v) is 5.86. The van der Waals surface area contributed by atoms with Crippen molar-refractivity contribution in [3.8, 4) is 5.75 Å². The van der Waals surface area contributed by atoms with Crippen molar-refractivity contribution in [3.63, 3.8) is 0 Å². The van der Waals surface area contributed by atoms with Crippen LogP contribution in [0.5, 0.6) is 5.75 Å². The van der Waals surface area contributed by atoms with Crippen LogP contribution in [-0.4, -0.2) is 25.6 Å². The van der Waals surface area contributed by atoms with Crippen molar-refractivity contribution in [1.82, 2.24) is 0 Å². The summed E-state index contributed by atoms with van der Waals surface area (Å²) in [7, 11) is -3.58. The van der Waals surface area contributed by atoms with Gasteiger partial charge in [0.05, 0.1) is 6.26 Å². The molecule has 2 rings (SSSR count). The molecule has 0 aliphatic rings. The third-order valence-electron chi connectivity index (χ3n) is 2.48. The van der Waals surface area contributed by atoms with Gasteiger partial charge in [-0.05, 0) is 36.4 Å². The molecule has 0 atom stereocenters. The first kappa shape index (κ1) is 15.0. The third kappa shape index (κ3) is 4.57. The van der Waals surface area contributed by atoms with Crippen LogP contribution >= 0.6 is 0 Å². The first-order chi connectivity index (χ1) is 9.83. The topological polar surface area (TPSA) is 69.4 Å². The van der Waals surface area contributed by atoms with Crippen LogP contribution < -0.4 is 4.18 Å². The van der Waals surface area contributed by atoms with E-state index in [1.165, 1.54) is 54.7 Å². The minimum Gasteiger partial charge on any atom is -0.618 e. The molecule has 0 saturated heterocycles. The highest BCUT2D eigenvalue weighted by Crippen LogP contribution is 2.15. The zero-order valence-electron chi connectivity index (χ0n) is 11.1. The molecule has 0 N–H and O–H groups in total. The van der Waals surface area contributed by atoms with E-state index in [1.807, 2.05) is 0 Å². The number of hydrogen-bond acceptors (Lipinski definition) is 4. The summed E-state index contributed by atoms with van der Waals surface area (Å²) in [6.07, 6.45) is 2.23. The number of hydrogen-bond donors (Lipinski definition) is 0. The van der Waals surface area contributed by atoms with Gasteiger partial charge in [0, 0.05) is 17.7 Å². The normalized spacial score (nSPS) is 12.2. The van der Waals surface area contributed by atoms with Crippen LogP contribution in [-0.2, 0) is 10.1 Å². The fraction of sp³-hybridized carbons (Fsp3) is 0.0714. The molecule has 0 aromatic heterocycles. The molecule has 0 fully saturated rings. The molecule has 0 aliphatic carbocycles. The molecule has 0 saturated carbocycles. The summed E-state index contributed by atoms with van der Waals surface area (Å²) in [5.74, 6) is -0.261. The lowest BCUT2D eigenvalue weighted by Gasteiger charge is -2.04. The van der Waals surface area contributed by atoms with Gasteiger partial charge < -0.3 is 9.39 Å². The highest BCUT2D eigenvalue weighted by Gasteiger charge is 2.05. The van der Waals surface area contributed by atoms with Gasteiger partial charge in [-0.25, -0.2) is 4.39 Å². The zero-order chi connectivity index (χ0) is 15.5. The lowest BCUT2D eigenvalue weighted by Crippen LogP contribution is -2.05. The van der Waals surface area contributed by atoms with E-state index in [0.29, 0.717) is 10.3 Å². The predicted molar refractivity (Wildman–Crippen MR) is 76.8 cm³/mol. The number of rotatable bonds is 4. The van der Waals surface area contributed by atoms with Gasteiger partial charge in [0.1, 0.15) is 11.6 Å². The van der Waals surface area contributed by atoms with E-state index < -0.39 is 15.9 Å². The average Bonchev–Trinajstić information content (AvgIpc) is 2.40. The van der Waals surface area contributed by atoms with Crippen LogP contribution in [0, 0.1) is 11.0 Å². The van der Waals surface area contributed by atoms with Gasteiger partial charge in [0.15, 0.2) is 6.21 Å². The number of benzene rings is 2. The molecule has 110 valence electrons. The molecule has 0 spiro atoms. The zero-order valence-corrected chi connectivity index (χ0v) is 11.9. The molecule has 0 amide bonds. The Balaban J connectivity index is 2.19. The Morgan fingerprint density at radius 3 is 2.19 bits per heavy atom. The van der Waals surface area contributed by atoms with Crippen molar-refractivity contribution in [2.75, 3.05) is 6.26 Å². The molecule has 0 bridgehead atoms. The quantitative estimate of drug-likeness (QED) is 0.286. The fourth-order valence-corrected chi connectivity index (χ4v) is 2.04. The van der Waals surface area contributed by atoms with Crippen molar-refractivity contribution in [2.24, 2.45) is 0 Å². The number of halogens is 1. The Morgan fingerprint density at radius 2 is 1.67 bits per heavy atom. The van der Waals surface area contributed by atoms with Crippen LogP contribution in [0.15, 0.2) is 48.5 Å². The third-order valence-corrected chi connectivity index (χ3v) is 2.97. The summed E-state index contributed by atoms with van der Waals surface area (Å²) in [5.41, 5.74) is 0.836. The molecular weight excluding hydrogens is 297 g/mol. The van der Waals surface area contributed by atoms with E-state index in [2.05, 4.69) is 4.18 Å². The minimum atomic E-state index is -3.58. The first-order valence-corrected chi connectivity index (χ1v) is 7.71. The van der Waals surface area contributed by atoms with Crippen molar-refractivity contribution in [3.05, 3.63) is 65.1 Å².